The van der Waals surface area contributed by atoms with Crippen LogP contribution in [0.15, 0.2) is 66.0 Å². The highest BCUT2D eigenvalue weighted by molar-refractivity contribution is 7.89. The van der Waals surface area contributed by atoms with Gasteiger partial charge in [0, 0.05) is 73.1 Å². The molecule has 9 rings (SSSR count). The minimum absolute atomic E-state index is 0.158. The van der Waals surface area contributed by atoms with Gasteiger partial charge < -0.3 is 19.9 Å². The second-order valence-electron chi connectivity index (χ2n) is 16.0. The third-order valence-corrected chi connectivity index (χ3v) is 13.8. The summed E-state index contributed by atoms with van der Waals surface area (Å²) >= 11 is 0. The summed E-state index contributed by atoms with van der Waals surface area (Å²) in [7, 11) is -3.71. The van der Waals surface area contributed by atoms with Gasteiger partial charge in [0.1, 0.15) is 6.04 Å². The fourth-order valence-corrected chi connectivity index (χ4v) is 10.3. The maximum Gasteiger partial charge on any atom is 0.255 e. The van der Waals surface area contributed by atoms with Crippen molar-refractivity contribution in [3.8, 4) is 16.9 Å². The van der Waals surface area contributed by atoms with E-state index in [1.165, 1.54) is 0 Å². The van der Waals surface area contributed by atoms with Crippen LogP contribution in [0.5, 0.6) is 5.75 Å². The minimum Gasteiger partial charge on any atom is -0.489 e. The van der Waals surface area contributed by atoms with Gasteiger partial charge in [0.2, 0.25) is 27.8 Å². The Kier molecular flexibility index (Phi) is 9.66. The van der Waals surface area contributed by atoms with Gasteiger partial charge in [-0.15, -0.1) is 5.10 Å². The largest absolute Gasteiger partial charge is 0.489 e. The minimum atomic E-state index is -3.71. The number of amides is 3. The molecular formula is C41H46N10O6S. The molecule has 2 saturated heterocycles. The summed E-state index contributed by atoms with van der Waals surface area (Å²) in [5, 5.41) is 17.0. The number of aromatic amines is 1. The van der Waals surface area contributed by atoms with Crippen molar-refractivity contribution in [2.75, 3.05) is 36.5 Å². The number of ether oxygens (including phenoxy) is 1. The molecule has 4 N–H and O–H groups in total. The number of sulfonamides is 1. The van der Waals surface area contributed by atoms with Crippen molar-refractivity contribution in [3.63, 3.8) is 0 Å². The molecule has 1 saturated carbocycles. The molecule has 1 aliphatic carbocycles. The summed E-state index contributed by atoms with van der Waals surface area (Å²) in [4.78, 5) is 46.1. The van der Waals surface area contributed by atoms with E-state index in [4.69, 9.17) is 4.74 Å². The summed E-state index contributed by atoms with van der Waals surface area (Å²) in [6.45, 7) is 6.79. The second-order valence-corrected chi connectivity index (χ2v) is 17.7. The number of pyridine rings is 1. The predicted molar refractivity (Wildman–Crippen MR) is 215 cm³/mol. The number of hydrogen-bond acceptors (Lipinski definition) is 11. The maximum absolute atomic E-state index is 13.3. The van der Waals surface area contributed by atoms with Gasteiger partial charge in [-0.2, -0.15) is 10.1 Å². The molecule has 3 fully saturated rings. The molecule has 1 unspecified atom stereocenters. The van der Waals surface area contributed by atoms with Crippen molar-refractivity contribution in [2.24, 2.45) is 11.3 Å². The van der Waals surface area contributed by atoms with Crippen LogP contribution in [-0.4, -0.2) is 88.1 Å². The molecule has 1 atom stereocenters. The van der Waals surface area contributed by atoms with Crippen LogP contribution in [0.25, 0.3) is 16.8 Å². The van der Waals surface area contributed by atoms with E-state index in [1.54, 1.807) is 40.0 Å². The fourth-order valence-electron chi connectivity index (χ4n) is 9.21. The smallest absolute Gasteiger partial charge is 0.255 e. The molecule has 3 aliphatic heterocycles. The van der Waals surface area contributed by atoms with E-state index >= 15 is 0 Å². The van der Waals surface area contributed by atoms with Gasteiger partial charge in [-0.3, -0.25) is 24.8 Å². The number of fused-ring (bicyclic) bond motifs is 2. The Balaban J connectivity index is 0.753. The van der Waals surface area contributed by atoms with Crippen molar-refractivity contribution in [2.45, 2.75) is 76.3 Å². The van der Waals surface area contributed by atoms with Gasteiger partial charge in [0.25, 0.3) is 5.91 Å². The Hall–Kier alpha value is -5.81. The average Bonchev–Trinajstić information content (AvgIpc) is 3.95. The lowest BCUT2D eigenvalue weighted by Gasteiger charge is -2.53. The number of carbonyl (C=O) groups excluding carboxylic acids is 3. The highest BCUT2D eigenvalue weighted by atomic mass is 32.2. The van der Waals surface area contributed by atoms with E-state index in [0.29, 0.717) is 60.6 Å². The van der Waals surface area contributed by atoms with E-state index in [1.807, 2.05) is 38.2 Å². The molecule has 1 spiro atoms. The quantitative estimate of drug-likeness (QED) is 0.128. The highest BCUT2D eigenvalue weighted by Crippen LogP contribution is 2.54. The number of anilines is 3. The number of piperidine rings is 2. The third-order valence-electron chi connectivity index (χ3n) is 12.3. The molecule has 16 nitrogen and oxygen atoms in total. The van der Waals surface area contributed by atoms with Crippen LogP contribution in [-0.2, 0) is 26.2 Å². The van der Waals surface area contributed by atoms with Gasteiger partial charge in [0.15, 0.2) is 11.4 Å². The summed E-state index contributed by atoms with van der Waals surface area (Å²) in [5.41, 5.74) is 6.60. The number of aromatic nitrogens is 5. The van der Waals surface area contributed by atoms with Crippen molar-refractivity contribution in [1.82, 2.24) is 39.7 Å². The number of nitrogens with zero attached hydrogens (tertiary/aromatic N) is 6. The van der Waals surface area contributed by atoms with E-state index < -0.39 is 22.0 Å². The Morgan fingerprint density at radius 1 is 1.03 bits per heavy atom. The number of aryl methyl sites for hydroxylation is 1. The number of benzene rings is 2. The first kappa shape index (κ1) is 37.7. The van der Waals surface area contributed by atoms with Crippen molar-refractivity contribution < 1.29 is 27.5 Å². The monoisotopic (exact) mass is 806 g/mol. The van der Waals surface area contributed by atoms with Crippen molar-refractivity contribution in [1.29, 1.82) is 0 Å². The number of hydrogen-bond donors (Lipinski definition) is 4. The Bertz CT molecular complexity index is 2520. The summed E-state index contributed by atoms with van der Waals surface area (Å²) in [6, 6.07) is 12.2. The molecule has 58 heavy (non-hydrogen) atoms. The zero-order chi connectivity index (χ0) is 40.2. The number of rotatable bonds is 12. The number of imide groups is 1. The summed E-state index contributed by atoms with van der Waals surface area (Å²) < 4.78 is 37.1. The van der Waals surface area contributed by atoms with Crippen LogP contribution in [0.4, 0.5) is 17.3 Å². The van der Waals surface area contributed by atoms with Crippen LogP contribution in [0.2, 0.25) is 0 Å². The Morgan fingerprint density at radius 2 is 1.86 bits per heavy atom. The number of nitrogens with one attached hydrogen (secondary N) is 4. The van der Waals surface area contributed by atoms with Crippen LogP contribution < -0.4 is 25.0 Å². The summed E-state index contributed by atoms with van der Waals surface area (Å²) in [5.74, 6) is 0.569. The van der Waals surface area contributed by atoms with Gasteiger partial charge in [-0.1, -0.05) is 0 Å². The topological polar surface area (TPSA) is 196 Å². The van der Waals surface area contributed by atoms with Gasteiger partial charge in [-0.25, -0.2) is 17.7 Å². The van der Waals surface area contributed by atoms with Gasteiger partial charge >= 0.3 is 0 Å². The molecule has 0 radical (unpaired) electrons. The molecular weight excluding hydrogens is 761 g/mol. The lowest BCUT2D eigenvalue weighted by Crippen LogP contribution is -2.52. The second kappa shape index (κ2) is 14.8. The molecule has 2 aromatic carbocycles. The van der Waals surface area contributed by atoms with Crippen LogP contribution in [0.3, 0.4) is 0 Å². The lowest BCUT2D eigenvalue weighted by molar-refractivity contribution is -0.136. The molecule has 17 heteroatoms. The fraction of sp³-hybridized carbons (Fsp3) is 0.415. The van der Waals surface area contributed by atoms with Crippen LogP contribution in [0, 0.1) is 18.3 Å². The molecule has 6 heterocycles. The first-order valence-electron chi connectivity index (χ1n) is 19.9. The molecule has 3 amide bonds. The van der Waals surface area contributed by atoms with Crippen LogP contribution in [0.1, 0.15) is 73.4 Å². The van der Waals surface area contributed by atoms with Gasteiger partial charge in [-0.05, 0) is 117 Å². The number of H-pyrrole nitrogens is 1. The standard InChI is InChI=1S/C41H46N10O6S/c1-3-57-36-31(28-22-42-43-23-28)11-15-51-37(36)47-40(48-51)45-33-7-5-30(18-25(33)2)58(55,56)44-14-10-26-20-41(21-26)12-16-49(17-13-41)29-4-6-32-27(19-29)24-50(39(32)54)34-8-9-35(52)46-38(34)53/h4-7,11,15,18-19,22-23,26,34,44H,3,8-10,12-14,16-17,20-21,24H2,1-2H3,(H,42,43)(H,45,48)(H,46,52,53). The van der Waals surface area contributed by atoms with Crippen molar-refractivity contribution in [3.05, 3.63) is 77.7 Å². The third kappa shape index (κ3) is 7.06. The zero-order valence-electron chi connectivity index (χ0n) is 32.5. The highest BCUT2D eigenvalue weighted by Gasteiger charge is 2.46. The van der Waals surface area contributed by atoms with E-state index in [2.05, 4.69) is 46.6 Å². The summed E-state index contributed by atoms with van der Waals surface area (Å²) in [6.07, 6.45) is 11.0. The first-order valence-corrected chi connectivity index (χ1v) is 21.4. The van der Waals surface area contributed by atoms with E-state index in [0.717, 1.165) is 73.1 Å². The Labute approximate surface area is 335 Å². The van der Waals surface area contributed by atoms with E-state index in [-0.39, 0.29) is 28.5 Å². The molecule has 3 aromatic heterocycles. The van der Waals surface area contributed by atoms with E-state index in [9.17, 15) is 22.8 Å². The SMILES string of the molecule is CCOc1c(-c2cn[nH]c2)ccn2nc(Nc3ccc(S(=O)(=O)NCCC4CC5(CCN(c6ccc7c(c6)CN(C6CCC(=O)NC6=O)C7=O)CC5)C4)cc3C)nc12. The van der Waals surface area contributed by atoms with Crippen molar-refractivity contribution >= 4 is 50.7 Å². The van der Waals surface area contributed by atoms with Crippen LogP contribution >= 0.6 is 0 Å². The molecule has 5 aromatic rings. The first-order chi connectivity index (χ1) is 28.0. The maximum atomic E-state index is 13.3. The average molecular weight is 807 g/mol. The van der Waals surface area contributed by atoms with Gasteiger partial charge in [0.05, 0.1) is 17.7 Å². The molecule has 0 bridgehead atoms. The predicted octanol–water partition coefficient (Wildman–Crippen LogP) is 4.70. The molecule has 4 aliphatic rings. The Morgan fingerprint density at radius 3 is 2.60 bits per heavy atom. The normalized spacial score (nSPS) is 19.4. The zero-order valence-corrected chi connectivity index (χ0v) is 33.3. The lowest BCUT2D eigenvalue weighted by atomic mass is 9.57. The number of carbonyl (C=O) groups is 3. The molecule has 302 valence electrons.